The molecular formula is C16H28N2S. The van der Waals surface area contributed by atoms with Crippen molar-refractivity contribution in [3.63, 3.8) is 0 Å². The number of thiazole rings is 1. The van der Waals surface area contributed by atoms with Crippen LogP contribution in [-0.4, -0.2) is 11.5 Å². The van der Waals surface area contributed by atoms with Crippen molar-refractivity contribution >= 4 is 11.3 Å². The smallest absolute Gasteiger partial charge is 0.0962 e. The zero-order valence-corrected chi connectivity index (χ0v) is 13.6. The lowest BCUT2D eigenvalue weighted by molar-refractivity contribution is 0.347. The predicted molar refractivity (Wildman–Crippen MR) is 83.9 cm³/mol. The minimum absolute atomic E-state index is 0.453. The first-order valence-electron chi connectivity index (χ1n) is 7.82. The lowest BCUT2D eigenvalue weighted by atomic mass is 9.83. The van der Waals surface area contributed by atoms with Gasteiger partial charge in [0.1, 0.15) is 0 Å². The van der Waals surface area contributed by atoms with Gasteiger partial charge in [-0.1, -0.05) is 26.7 Å². The molecule has 1 atom stereocenters. The molecule has 1 aliphatic carbocycles. The summed E-state index contributed by atoms with van der Waals surface area (Å²) < 4.78 is 0. The molecule has 1 heterocycles. The molecule has 1 aliphatic rings. The molecule has 0 spiro atoms. The van der Waals surface area contributed by atoms with E-state index in [1.54, 1.807) is 0 Å². The highest BCUT2D eigenvalue weighted by Crippen LogP contribution is 2.39. The van der Waals surface area contributed by atoms with E-state index in [4.69, 9.17) is 4.98 Å². The molecule has 1 aromatic rings. The van der Waals surface area contributed by atoms with Crippen LogP contribution in [-0.2, 0) is 0 Å². The SMILES string of the molecule is CCCNC(C)c1sc(C2CCC(C)CC2)nc1C. The highest BCUT2D eigenvalue weighted by molar-refractivity contribution is 7.11. The molecule has 0 aliphatic heterocycles. The van der Waals surface area contributed by atoms with Gasteiger partial charge >= 0.3 is 0 Å². The number of rotatable bonds is 5. The van der Waals surface area contributed by atoms with Crippen LogP contribution < -0.4 is 5.32 Å². The molecule has 2 nitrogen and oxygen atoms in total. The molecule has 3 heteroatoms. The molecule has 0 bridgehead atoms. The summed E-state index contributed by atoms with van der Waals surface area (Å²) in [5.41, 5.74) is 1.25. The first-order valence-corrected chi connectivity index (χ1v) is 8.64. The van der Waals surface area contributed by atoms with Crippen molar-refractivity contribution in [2.75, 3.05) is 6.54 Å². The third-order valence-corrected chi connectivity index (χ3v) is 5.81. The maximum atomic E-state index is 4.87. The Labute approximate surface area is 122 Å². The van der Waals surface area contributed by atoms with Crippen LogP contribution in [0.15, 0.2) is 0 Å². The van der Waals surface area contributed by atoms with Gasteiger partial charge < -0.3 is 5.32 Å². The van der Waals surface area contributed by atoms with Gasteiger partial charge in [-0.3, -0.25) is 0 Å². The molecule has 1 saturated carbocycles. The molecule has 2 rings (SSSR count). The fourth-order valence-electron chi connectivity index (χ4n) is 2.97. The minimum Gasteiger partial charge on any atom is -0.309 e. The summed E-state index contributed by atoms with van der Waals surface area (Å²) in [6.07, 6.45) is 6.62. The molecule has 108 valence electrons. The maximum Gasteiger partial charge on any atom is 0.0962 e. The molecule has 1 aromatic heterocycles. The molecule has 0 saturated heterocycles. The second kappa shape index (κ2) is 6.85. The molecule has 0 aromatic carbocycles. The van der Waals surface area contributed by atoms with Crippen LogP contribution in [0.25, 0.3) is 0 Å². The summed E-state index contributed by atoms with van der Waals surface area (Å²) >= 11 is 1.95. The number of hydrogen-bond acceptors (Lipinski definition) is 3. The van der Waals surface area contributed by atoms with Crippen molar-refractivity contribution in [3.05, 3.63) is 15.6 Å². The lowest BCUT2D eigenvalue weighted by Gasteiger charge is -2.24. The largest absolute Gasteiger partial charge is 0.309 e. The Morgan fingerprint density at radius 1 is 1.32 bits per heavy atom. The number of aryl methyl sites for hydroxylation is 1. The molecule has 1 fully saturated rings. The van der Waals surface area contributed by atoms with Crippen molar-refractivity contribution in [2.45, 2.75) is 71.8 Å². The second-order valence-corrected chi connectivity index (χ2v) is 7.20. The van der Waals surface area contributed by atoms with Crippen LogP contribution >= 0.6 is 11.3 Å². The first-order chi connectivity index (χ1) is 9.11. The normalized spacial score (nSPS) is 25.5. The average molecular weight is 280 g/mol. The fourth-order valence-corrected chi connectivity index (χ4v) is 4.23. The van der Waals surface area contributed by atoms with Crippen LogP contribution in [0.3, 0.4) is 0 Å². The summed E-state index contributed by atoms with van der Waals surface area (Å²) in [6.45, 7) is 10.1. The average Bonchev–Trinajstić information content (AvgIpc) is 2.79. The maximum absolute atomic E-state index is 4.87. The van der Waals surface area contributed by atoms with Gasteiger partial charge in [0.2, 0.25) is 0 Å². The first kappa shape index (κ1) is 15.0. The summed E-state index contributed by atoms with van der Waals surface area (Å²) in [5.74, 6) is 1.65. The van der Waals surface area contributed by atoms with E-state index < -0.39 is 0 Å². The van der Waals surface area contributed by atoms with E-state index in [1.165, 1.54) is 47.7 Å². The Bertz CT molecular complexity index is 391. The number of hydrogen-bond donors (Lipinski definition) is 1. The second-order valence-electron chi connectivity index (χ2n) is 6.13. The van der Waals surface area contributed by atoms with Gasteiger partial charge in [-0.05, 0) is 45.6 Å². The standard InChI is InChI=1S/C16H28N2S/c1-5-10-17-12(3)15-13(4)18-16(19-15)14-8-6-11(2)7-9-14/h11-12,14,17H,5-10H2,1-4H3. The summed E-state index contributed by atoms with van der Waals surface area (Å²) in [7, 11) is 0. The highest BCUT2D eigenvalue weighted by atomic mass is 32.1. The Balaban J connectivity index is 2.03. The molecule has 0 radical (unpaired) electrons. The van der Waals surface area contributed by atoms with Crippen LogP contribution in [0, 0.1) is 12.8 Å². The zero-order chi connectivity index (χ0) is 13.8. The van der Waals surface area contributed by atoms with E-state index in [-0.39, 0.29) is 0 Å². The van der Waals surface area contributed by atoms with Crippen LogP contribution in [0.4, 0.5) is 0 Å². The Morgan fingerprint density at radius 2 is 2.00 bits per heavy atom. The van der Waals surface area contributed by atoms with Gasteiger partial charge in [0.15, 0.2) is 0 Å². The highest BCUT2D eigenvalue weighted by Gasteiger charge is 2.24. The van der Waals surface area contributed by atoms with E-state index in [0.29, 0.717) is 6.04 Å². The zero-order valence-electron chi connectivity index (χ0n) is 12.8. The molecule has 0 amide bonds. The lowest BCUT2D eigenvalue weighted by Crippen LogP contribution is -2.18. The minimum atomic E-state index is 0.453. The van der Waals surface area contributed by atoms with E-state index in [0.717, 1.165) is 18.4 Å². The Hall–Kier alpha value is -0.410. The Morgan fingerprint density at radius 3 is 2.63 bits per heavy atom. The van der Waals surface area contributed by atoms with Crippen molar-refractivity contribution < 1.29 is 0 Å². The van der Waals surface area contributed by atoms with Gasteiger partial charge in [-0.15, -0.1) is 11.3 Å². The van der Waals surface area contributed by atoms with Crippen molar-refractivity contribution in [3.8, 4) is 0 Å². The van der Waals surface area contributed by atoms with Gasteiger partial charge in [0.05, 0.1) is 10.7 Å². The van der Waals surface area contributed by atoms with Gasteiger partial charge in [-0.25, -0.2) is 4.98 Å². The van der Waals surface area contributed by atoms with Gasteiger partial charge in [0, 0.05) is 16.8 Å². The molecule has 1 N–H and O–H groups in total. The van der Waals surface area contributed by atoms with E-state index in [2.05, 4.69) is 33.0 Å². The topological polar surface area (TPSA) is 24.9 Å². The van der Waals surface area contributed by atoms with Crippen LogP contribution in [0.1, 0.15) is 80.4 Å². The number of aromatic nitrogens is 1. The summed E-state index contributed by atoms with van der Waals surface area (Å²) in [4.78, 5) is 6.31. The number of nitrogens with zero attached hydrogens (tertiary/aromatic N) is 1. The van der Waals surface area contributed by atoms with Crippen LogP contribution in [0.2, 0.25) is 0 Å². The molecule has 1 unspecified atom stereocenters. The summed E-state index contributed by atoms with van der Waals surface area (Å²) in [6, 6.07) is 0.453. The van der Waals surface area contributed by atoms with Gasteiger partial charge in [0.25, 0.3) is 0 Å². The van der Waals surface area contributed by atoms with Crippen molar-refractivity contribution in [2.24, 2.45) is 5.92 Å². The molecular weight excluding hydrogens is 252 g/mol. The van der Waals surface area contributed by atoms with E-state index in [9.17, 15) is 0 Å². The fraction of sp³-hybridized carbons (Fsp3) is 0.812. The van der Waals surface area contributed by atoms with Crippen molar-refractivity contribution in [1.82, 2.24) is 10.3 Å². The van der Waals surface area contributed by atoms with E-state index in [1.807, 2.05) is 11.3 Å². The predicted octanol–water partition coefficient (Wildman–Crippen LogP) is 4.81. The third kappa shape index (κ3) is 3.79. The summed E-state index contributed by atoms with van der Waals surface area (Å²) in [5, 5.41) is 4.98. The monoisotopic (exact) mass is 280 g/mol. The van der Waals surface area contributed by atoms with Crippen LogP contribution in [0.5, 0.6) is 0 Å². The molecule has 19 heavy (non-hydrogen) atoms. The quantitative estimate of drug-likeness (QED) is 0.837. The van der Waals surface area contributed by atoms with Crippen molar-refractivity contribution in [1.29, 1.82) is 0 Å². The van der Waals surface area contributed by atoms with Gasteiger partial charge in [-0.2, -0.15) is 0 Å². The third-order valence-electron chi connectivity index (χ3n) is 4.31. The Kier molecular flexibility index (Phi) is 5.40. The van der Waals surface area contributed by atoms with E-state index >= 15 is 0 Å². The number of nitrogens with one attached hydrogen (secondary N) is 1.